The molecule has 0 aliphatic heterocycles. The summed E-state index contributed by atoms with van der Waals surface area (Å²) in [6.45, 7) is 3.20. The molecule has 6 heteroatoms. The summed E-state index contributed by atoms with van der Waals surface area (Å²) in [5.74, 6) is -1.73. The minimum atomic E-state index is -1.14. The molecular formula is C8H14B2O4. The van der Waals surface area contributed by atoms with E-state index in [4.69, 9.17) is 9.84 Å². The maximum atomic E-state index is 11.3. The van der Waals surface area contributed by atoms with Crippen molar-refractivity contribution in [3.8, 4) is 0 Å². The molecule has 1 atom stereocenters. The highest BCUT2D eigenvalue weighted by atomic mass is 16.6. The van der Waals surface area contributed by atoms with Gasteiger partial charge in [0.25, 0.3) is 0 Å². The average Bonchev–Trinajstić information content (AvgIpc) is 2.02. The molecule has 0 fully saturated rings. The molecule has 76 valence electrons. The lowest BCUT2D eigenvalue weighted by molar-refractivity contribution is -0.145. The van der Waals surface area contributed by atoms with Gasteiger partial charge in [-0.1, -0.05) is 6.32 Å². The van der Waals surface area contributed by atoms with Crippen molar-refractivity contribution < 1.29 is 19.4 Å². The monoisotopic (exact) mass is 196 g/mol. The van der Waals surface area contributed by atoms with Crippen LogP contribution in [0.1, 0.15) is 13.8 Å². The zero-order valence-electron chi connectivity index (χ0n) is 8.96. The van der Waals surface area contributed by atoms with Gasteiger partial charge in [0, 0.05) is 11.6 Å². The molecule has 0 rings (SSSR count). The number of carboxylic acid groups (broad SMARTS) is 1. The molecule has 0 aliphatic rings. The second kappa shape index (κ2) is 4.88. The molecule has 0 aromatic heterocycles. The van der Waals surface area contributed by atoms with Gasteiger partial charge in [-0.2, -0.15) is 0 Å². The first-order valence-electron chi connectivity index (χ1n) is 4.43. The summed E-state index contributed by atoms with van der Waals surface area (Å²) in [5.41, 5.74) is -0.455. The molecule has 1 unspecified atom stereocenters. The molecule has 0 spiro atoms. The number of hydrogen-bond acceptors (Lipinski definition) is 3. The SMILES string of the molecule is BCC(B)(C)OC(=O)/C(C)=C/C(=O)O. The Kier molecular flexibility index (Phi) is 4.47. The van der Waals surface area contributed by atoms with Gasteiger partial charge in [-0.3, -0.25) is 0 Å². The summed E-state index contributed by atoms with van der Waals surface area (Å²) in [5, 5.41) is 8.40. The van der Waals surface area contributed by atoms with Crippen LogP contribution >= 0.6 is 0 Å². The van der Waals surface area contributed by atoms with Crippen LogP contribution in [0.2, 0.25) is 6.32 Å². The van der Waals surface area contributed by atoms with E-state index in [9.17, 15) is 9.59 Å². The fraction of sp³-hybridized carbons (Fsp3) is 0.500. The molecular weight excluding hydrogens is 182 g/mol. The van der Waals surface area contributed by atoms with Crippen molar-refractivity contribution in [2.45, 2.75) is 25.7 Å². The predicted molar refractivity (Wildman–Crippen MR) is 57.8 cm³/mol. The highest BCUT2D eigenvalue weighted by Gasteiger charge is 2.21. The fourth-order valence-corrected chi connectivity index (χ4v) is 0.648. The van der Waals surface area contributed by atoms with Gasteiger partial charge < -0.3 is 9.84 Å². The first-order valence-corrected chi connectivity index (χ1v) is 4.43. The quantitative estimate of drug-likeness (QED) is 0.354. The van der Waals surface area contributed by atoms with Crippen molar-refractivity contribution in [1.29, 1.82) is 0 Å². The zero-order chi connectivity index (χ0) is 11.4. The lowest BCUT2D eigenvalue weighted by Gasteiger charge is -2.23. The van der Waals surface area contributed by atoms with Gasteiger partial charge in [0.05, 0.1) is 5.50 Å². The smallest absolute Gasteiger partial charge is 0.333 e. The molecule has 1 N–H and O–H groups in total. The lowest BCUT2D eigenvalue weighted by Crippen LogP contribution is -2.32. The van der Waals surface area contributed by atoms with Gasteiger partial charge in [0.15, 0.2) is 7.85 Å². The van der Waals surface area contributed by atoms with Gasteiger partial charge >= 0.3 is 11.9 Å². The summed E-state index contributed by atoms with van der Waals surface area (Å²) in [6, 6.07) is 0. The van der Waals surface area contributed by atoms with E-state index in [2.05, 4.69) is 0 Å². The number of carbonyl (C=O) groups excluding carboxylic acids is 1. The average molecular weight is 196 g/mol. The van der Waals surface area contributed by atoms with Gasteiger partial charge in [-0.05, 0) is 13.8 Å². The number of carbonyl (C=O) groups is 2. The normalized spacial score (nSPS) is 15.7. The summed E-state index contributed by atoms with van der Waals surface area (Å²) < 4.78 is 5.08. The predicted octanol–water partition coefficient (Wildman–Crippen LogP) is -1.04. The number of carboxylic acids is 1. The van der Waals surface area contributed by atoms with Gasteiger partial charge in [0.1, 0.15) is 7.85 Å². The van der Waals surface area contributed by atoms with Gasteiger partial charge in [-0.15, -0.1) is 0 Å². The van der Waals surface area contributed by atoms with Gasteiger partial charge in [0.2, 0.25) is 0 Å². The first-order chi connectivity index (χ1) is 6.28. The summed E-state index contributed by atoms with van der Waals surface area (Å²) in [7, 11) is 3.67. The van der Waals surface area contributed by atoms with Crippen molar-refractivity contribution in [2.24, 2.45) is 0 Å². The van der Waals surface area contributed by atoms with E-state index in [1.54, 1.807) is 14.8 Å². The third kappa shape index (κ3) is 4.74. The summed E-state index contributed by atoms with van der Waals surface area (Å²) in [6.07, 6.45) is 1.52. The van der Waals surface area contributed by atoms with Crippen molar-refractivity contribution in [2.75, 3.05) is 0 Å². The molecule has 0 radical (unpaired) electrons. The van der Waals surface area contributed by atoms with Crippen LogP contribution in [-0.2, 0) is 14.3 Å². The van der Waals surface area contributed by atoms with Crippen LogP contribution < -0.4 is 0 Å². The number of hydrogen-bond donors (Lipinski definition) is 1. The largest absolute Gasteiger partial charge is 0.478 e. The van der Waals surface area contributed by atoms with E-state index in [1.807, 2.05) is 7.85 Å². The summed E-state index contributed by atoms with van der Waals surface area (Å²) in [4.78, 5) is 21.6. The number of esters is 1. The molecule has 0 saturated heterocycles. The number of rotatable bonds is 4. The van der Waals surface area contributed by atoms with Crippen LogP contribution in [0, 0.1) is 0 Å². The van der Waals surface area contributed by atoms with Gasteiger partial charge in [-0.25, -0.2) is 9.59 Å². The van der Waals surface area contributed by atoms with Crippen molar-refractivity contribution >= 4 is 27.6 Å². The molecule has 0 aromatic rings. The Balaban J connectivity index is 4.43. The topological polar surface area (TPSA) is 63.6 Å². The first kappa shape index (κ1) is 12.8. The van der Waals surface area contributed by atoms with Crippen LogP contribution in [0.3, 0.4) is 0 Å². The van der Waals surface area contributed by atoms with E-state index in [0.29, 0.717) is 6.32 Å². The van der Waals surface area contributed by atoms with E-state index < -0.39 is 17.4 Å². The van der Waals surface area contributed by atoms with E-state index in [1.165, 1.54) is 6.92 Å². The molecule has 0 aromatic carbocycles. The Hall–Kier alpha value is -1.19. The lowest BCUT2D eigenvalue weighted by atomic mass is 9.73. The molecule has 4 nitrogen and oxygen atoms in total. The Morgan fingerprint density at radius 2 is 2.07 bits per heavy atom. The standard InChI is InChI=1S/C8H14B2O4/c1-5(3-6(11)12)7(13)14-8(2,10)4-9/h3H,4,9-10H2,1-2H3,(H,11,12)/b5-3+. The molecule has 0 bridgehead atoms. The van der Waals surface area contributed by atoms with E-state index in [-0.39, 0.29) is 5.57 Å². The Morgan fingerprint density at radius 1 is 1.57 bits per heavy atom. The van der Waals surface area contributed by atoms with E-state index in [0.717, 1.165) is 6.08 Å². The third-order valence-corrected chi connectivity index (χ3v) is 1.88. The highest BCUT2D eigenvalue weighted by Crippen LogP contribution is 2.11. The van der Waals surface area contributed by atoms with Crippen molar-refractivity contribution in [3.05, 3.63) is 11.6 Å². The molecule has 0 amide bonds. The van der Waals surface area contributed by atoms with Crippen molar-refractivity contribution in [3.63, 3.8) is 0 Å². The second-order valence-corrected chi connectivity index (χ2v) is 3.67. The minimum absolute atomic E-state index is 0.0963. The Morgan fingerprint density at radius 3 is 2.43 bits per heavy atom. The van der Waals surface area contributed by atoms with E-state index >= 15 is 0 Å². The molecule has 14 heavy (non-hydrogen) atoms. The van der Waals surface area contributed by atoms with Crippen LogP contribution in [0.25, 0.3) is 0 Å². The zero-order valence-corrected chi connectivity index (χ0v) is 8.96. The highest BCUT2D eigenvalue weighted by molar-refractivity contribution is 6.22. The third-order valence-electron chi connectivity index (χ3n) is 1.88. The Bertz CT molecular complexity index is 271. The maximum Gasteiger partial charge on any atom is 0.333 e. The fourth-order valence-electron chi connectivity index (χ4n) is 0.648. The van der Waals surface area contributed by atoms with Crippen molar-refractivity contribution in [1.82, 2.24) is 0 Å². The van der Waals surface area contributed by atoms with Crippen LogP contribution in [-0.4, -0.2) is 38.2 Å². The second-order valence-electron chi connectivity index (χ2n) is 3.67. The van der Waals surface area contributed by atoms with Crippen LogP contribution in [0.15, 0.2) is 11.6 Å². The van der Waals surface area contributed by atoms with Crippen LogP contribution in [0.4, 0.5) is 0 Å². The molecule has 0 saturated carbocycles. The number of aliphatic carboxylic acids is 1. The molecule has 0 aliphatic carbocycles. The maximum absolute atomic E-state index is 11.3. The minimum Gasteiger partial charge on any atom is -0.478 e. The molecule has 0 heterocycles. The van der Waals surface area contributed by atoms with Crippen LogP contribution in [0.5, 0.6) is 0 Å². The number of ether oxygens (including phenoxy) is 1. The Labute approximate surface area is 85.1 Å². The summed E-state index contributed by atoms with van der Waals surface area (Å²) >= 11 is 0.